The van der Waals surface area contributed by atoms with Crippen LogP contribution in [-0.4, -0.2) is 39.8 Å². The van der Waals surface area contributed by atoms with Crippen molar-refractivity contribution in [1.29, 1.82) is 0 Å². The number of nitrogens with one attached hydrogen (secondary N) is 1. The van der Waals surface area contributed by atoms with E-state index in [-0.39, 0.29) is 0 Å². The second kappa shape index (κ2) is 5.41. The Morgan fingerprint density at radius 1 is 1.24 bits per heavy atom. The van der Waals surface area contributed by atoms with Gasteiger partial charge in [0.2, 0.25) is 0 Å². The van der Waals surface area contributed by atoms with E-state index in [0.29, 0.717) is 6.04 Å². The first-order chi connectivity index (χ1) is 8.27. The van der Waals surface area contributed by atoms with Gasteiger partial charge in [-0.1, -0.05) is 19.1 Å². The van der Waals surface area contributed by atoms with E-state index in [1.54, 1.807) is 0 Å². The number of para-hydroxylation sites is 2. The zero-order chi connectivity index (χ0) is 12.3. The third-order valence-corrected chi connectivity index (χ3v) is 3.63. The summed E-state index contributed by atoms with van der Waals surface area (Å²) in [5.74, 6) is 0. The van der Waals surface area contributed by atoms with Crippen LogP contribution < -0.4 is 15.1 Å². The highest BCUT2D eigenvalue weighted by molar-refractivity contribution is 5.73. The Hall–Kier alpha value is -1.22. The lowest BCUT2D eigenvalue weighted by Crippen LogP contribution is -2.48. The van der Waals surface area contributed by atoms with Gasteiger partial charge in [-0.25, -0.2) is 0 Å². The van der Waals surface area contributed by atoms with Gasteiger partial charge in [0.1, 0.15) is 0 Å². The van der Waals surface area contributed by atoms with Crippen molar-refractivity contribution < 1.29 is 0 Å². The first kappa shape index (κ1) is 12.2. The van der Waals surface area contributed by atoms with E-state index in [9.17, 15) is 0 Å². The predicted octanol–water partition coefficient (Wildman–Crippen LogP) is 1.94. The predicted molar refractivity (Wildman–Crippen MR) is 75.1 cm³/mol. The fraction of sp³-hybridized carbons (Fsp3) is 0.571. The number of likely N-dealkylation sites (N-methyl/N-ethyl adjacent to an activating group) is 2. The molecule has 0 aromatic heterocycles. The van der Waals surface area contributed by atoms with Crippen molar-refractivity contribution in [2.75, 3.05) is 43.5 Å². The summed E-state index contributed by atoms with van der Waals surface area (Å²) in [4.78, 5) is 4.89. The number of anilines is 2. The van der Waals surface area contributed by atoms with Crippen LogP contribution in [0.1, 0.15) is 13.3 Å². The Labute approximate surface area is 104 Å². The van der Waals surface area contributed by atoms with Gasteiger partial charge in [0.15, 0.2) is 0 Å². The monoisotopic (exact) mass is 233 g/mol. The maximum Gasteiger partial charge on any atom is 0.0607 e. The van der Waals surface area contributed by atoms with Gasteiger partial charge in [-0.3, -0.25) is 0 Å². The normalized spacial score (nSPS) is 16.9. The molecular weight excluding hydrogens is 210 g/mol. The van der Waals surface area contributed by atoms with Gasteiger partial charge in [-0.2, -0.15) is 0 Å². The van der Waals surface area contributed by atoms with Crippen molar-refractivity contribution >= 4 is 11.4 Å². The molecule has 0 saturated carbocycles. The summed E-state index contributed by atoms with van der Waals surface area (Å²) in [6.45, 7) is 5.54. The minimum atomic E-state index is 0.592. The van der Waals surface area contributed by atoms with Crippen molar-refractivity contribution in [2.45, 2.75) is 19.4 Å². The second-order valence-corrected chi connectivity index (χ2v) is 4.72. The van der Waals surface area contributed by atoms with Crippen LogP contribution in [0, 0.1) is 0 Å². The van der Waals surface area contributed by atoms with Crippen molar-refractivity contribution in [3.8, 4) is 0 Å². The van der Waals surface area contributed by atoms with Crippen molar-refractivity contribution in [3.05, 3.63) is 24.3 Å². The molecule has 3 nitrogen and oxygen atoms in total. The van der Waals surface area contributed by atoms with Gasteiger partial charge in [0.25, 0.3) is 0 Å². The van der Waals surface area contributed by atoms with E-state index < -0.39 is 0 Å². The molecule has 1 aromatic rings. The number of hydrogen-bond acceptors (Lipinski definition) is 3. The van der Waals surface area contributed by atoms with Gasteiger partial charge in [-0.15, -0.1) is 0 Å². The van der Waals surface area contributed by atoms with Crippen LogP contribution in [0.4, 0.5) is 11.4 Å². The Bertz CT molecular complexity index is 364. The topological polar surface area (TPSA) is 18.5 Å². The zero-order valence-electron chi connectivity index (χ0n) is 11.1. The Kier molecular flexibility index (Phi) is 3.89. The molecule has 1 aromatic carbocycles. The minimum absolute atomic E-state index is 0.592. The molecule has 17 heavy (non-hydrogen) atoms. The molecule has 0 fully saturated rings. The molecule has 0 aliphatic carbocycles. The molecule has 0 radical (unpaired) electrons. The number of nitrogens with zero attached hydrogens (tertiary/aromatic N) is 2. The maximum atomic E-state index is 3.30. The highest BCUT2D eigenvalue weighted by atomic mass is 15.3. The quantitative estimate of drug-likeness (QED) is 0.857. The molecule has 2 rings (SSSR count). The number of fused-ring (bicyclic) bond motifs is 1. The van der Waals surface area contributed by atoms with Crippen LogP contribution in [0.2, 0.25) is 0 Å². The Balaban J connectivity index is 2.28. The molecule has 0 amide bonds. The number of rotatable bonds is 4. The molecule has 1 aliphatic heterocycles. The van der Waals surface area contributed by atoms with Crippen LogP contribution in [0.5, 0.6) is 0 Å². The third kappa shape index (κ3) is 2.39. The van der Waals surface area contributed by atoms with Gasteiger partial charge in [0.05, 0.1) is 11.4 Å². The van der Waals surface area contributed by atoms with Crippen LogP contribution >= 0.6 is 0 Å². The standard InChI is InChI=1S/C14H23N3/c1-4-12(11-15-2)17-10-9-16(3)13-7-5-6-8-14(13)17/h5-8,12,15H,4,9-11H2,1-3H3. The fourth-order valence-electron chi connectivity index (χ4n) is 2.62. The van der Waals surface area contributed by atoms with Crippen molar-refractivity contribution in [3.63, 3.8) is 0 Å². The fourth-order valence-corrected chi connectivity index (χ4v) is 2.62. The van der Waals surface area contributed by atoms with E-state index in [0.717, 1.165) is 19.6 Å². The molecule has 1 aliphatic rings. The van der Waals surface area contributed by atoms with Crippen LogP contribution in [-0.2, 0) is 0 Å². The molecule has 1 atom stereocenters. The average molecular weight is 233 g/mol. The number of benzene rings is 1. The second-order valence-electron chi connectivity index (χ2n) is 4.72. The van der Waals surface area contributed by atoms with Gasteiger partial charge in [-0.05, 0) is 25.6 Å². The lowest BCUT2D eigenvalue weighted by Gasteiger charge is -2.41. The maximum absolute atomic E-state index is 3.30. The van der Waals surface area contributed by atoms with Gasteiger partial charge >= 0.3 is 0 Å². The van der Waals surface area contributed by atoms with Crippen LogP contribution in [0.15, 0.2) is 24.3 Å². The van der Waals surface area contributed by atoms with E-state index in [1.807, 2.05) is 7.05 Å². The van der Waals surface area contributed by atoms with Gasteiger partial charge in [0, 0.05) is 32.7 Å². The SMILES string of the molecule is CCC(CNC)N1CCN(C)c2ccccc21. The van der Waals surface area contributed by atoms with Crippen molar-refractivity contribution in [2.24, 2.45) is 0 Å². The molecule has 1 unspecified atom stereocenters. The number of hydrogen-bond donors (Lipinski definition) is 1. The lowest BCUT2D eigenvalue weighted by molar-refractivity contribution is 0.535. The van der Waals surface area contributed by atoms with Crippen molar-refractivity contribution in [1.82, 2.24) is 5.32 Å². The first-order valence-corrected chi connectivity index (χ1v) is 6.49. The zero-order valence-corrected chi connectivity index (χ0v) is 11.1. The van der Waals surface area contributed by atoms with E-state index in [1.165, 1.54) is 17.8 Å². The van der Waals surface area contributed by atoms with Gasteiger partial charge < -0.3 is 15.1 Å². The Morgan fingerprint density at radius 3 is 2.59 bits per heavy atom. The molecule has 0 saturated heterocycles. The molecular formula is C14H23N3. The van der Waals surface area contributed by atoms with E-state index in [2.05, 4.69) is 53.4 Å². The summed E-state index contributed by atoms with van der Waals surface area (Å²) in [5, 5.41) is 3.30. The minimum Gasteiger partial charge on any atom is -0.371 e. The highest BCUT2D eigenvalue weighted by Gasteiger charge is 2.24. The first-order valence-electron chi connectivity index (χ1n) is 6.49. The van der Waals surface area contributed by atoms with Crippen LogP contribution in [0.25, 0.3) is 0 Å². The van der Waals surface area contributed by atoms with E-state index in [4.69, 9.17) is 0 Å². The molecule has 0 bridgehead atoms. The smallest absolute Gasteiger partial charge is 0.0607 e. The summed E-state index contributed by atoms with van der Waals surface area (Å²) in [5.41, 5.74) is 2.73. The summed E-state index contributed by atoms with van der Waals surface area (Å²) >= 11 is 0. The summed E-state index contributed by atoms with van der Waals surface area (Å²) in [6.07, 6.45) is 1.18. The molecule has 94 valence electrons. The van der Waals surface area contributed by atoms with Crippen LogP contribution in [0.3, 0.4) is 0 Å². The highest BCUT2D eigenvalue weighted by Crippen LogP contribution is 2.33. The molecule has 0 spiro atoms. The summed E-state index contributed by atoms with van der Waals surface area (Å²) < 4.78 is 0. The molecule has 3 heteroatoms. The molecule has 1 heterocycles. The Morgan fingerprint density at radius 2 is 1.94 bits per heavy atom. The lowest BCUT2D eigenvalue weighted by atomic mass is 10.1. The molecule has 1 N–H and O–H groups in total. The van der Waals surface area contributed by atoms with E-state index >= 15 is 0 Å². The third-order valence-electron chi connectivity index (χ3n) is 3.63. The summed E-state index contributed by atoms with van der Waals surface area (Å²) in [7, 11) is 4.21. The average Bonchev–Trinajstić information content (AvgIpc) is 2.37. The largest absolute Gasteiger partial charge is 0.371 e. The summed E-state index contributed by atoms with van der Waals surface area (Å²) in [6, 6.07) is 9.31.